The van der Waals surface area contributed by atoms with E-state index in [0.717, 1.165) is 23.0 Å². The normalized spacial score (nSPS) is 10.5. The Hall–Kier alpha value is -3.35. The number of fused-ring (bicyclic) bond motifs is 1. The van der Waals surface area contributed by atoms with Gasteiger partial charge in [-0.15, -0.1) is 0 Å². The van der Waals surface area contributed by atoms with Crippen LogP contribution in [0, 0.1) is 11.6 Å². The Kier molecular flexibility index (Phi) is 4.65. The van der Waals surface area contributed by atoms with Gasteiger partial charge in [0.2, 0.25) is 5.91 Å². The van der Waals surface area contributed by atoms with E-state index in [1.807, 2.05) is 24.3 Å². The number of carbonyl (C=O) groups is 2. The van der Waals surface area contributed by atoms with Crippen LogP contribution in [0.3, 0.4) is 0 Å². The molecule has 1 heterocycles. The predicted molar refractivity (Wildman–Crippen MR) is 89.1 cm³/mol. The molecule has 2 aromatic carbocycles. The lowest BCUT2D eigenvalue weighted by atomic mass is 10.2. The number of amides is 2. The molecule has 3 rings (SSSR count). The van der Waals surface area contributed by atoms with Crippen LogP contribution in [-0.4, -0.2) is 23.3 Å². The molecule has 0 radical (unpaired) electrons. The second-order valence-electron chi connectivity index (χ2n) is 5.27. The molecular formula is C18H13F2N3O2. The van der Waals surface area contributed by atoms with Gasteiger partial charge in [0, 0.05) is 11.5 Å². The Morgan fingerprint density at radius 3 is 2.64 bits per heavy atom. The molecule has 126 valence electrons. The van der Waals surface area contributed by atoms with Gasteiger partial charge in [0.25, 0.3) is 5.91 Å². The number of hydrogen-bond acceptors (Lipinski definition) is 3. The fourth-order valence-electron chi connectivity index (χ4n) is 2.27. The van der Waals surface area contributed by atoms with Crippen molar-refractivity contribution < 1.29 is 18.4 Å². The number of anilines is 1. The van der Waals surface area contributed by atoms with Gasteiger partial charge in [0.15, 0.2) is 0 Å². The summed E-state index contributed by atoms with van der Waals surface area (Å²) in [5, 5.41) is 5.74. The Labute approximate surface area is 141 Å². The molecule has 25 heavy (non-hydrogen) atoms. The van der Waals surface area contributed by atoms with Crippen LogP contribution in [0.4, 0.5) is 14.5 Å². The summed E-state index contributed by atoms with van der Waals surface area (Å²) in [6.45, 7) is -0.359. The Morgan fingerprint density at radius 1 is 1.04 bits per heavy atom. The second kappa shape index (κ2) is 7.04. The first-order valence-corrected chi connectivity index (χ1v) is 7.41. The molecule has 0 saturated heterocycles. The van der Waals surface area contributed by atoms with Crippen LogP contribution in [0.1, 0.15) is 10.4 Å². The molecule has 0 aliphatic carbocycles. The number of rotatable bonds is 4. The molecular weight excluding hydrogens is 328 g/mol. The number of carbonyl (C=O) groups excluding carboxylic acids is 2. The Morgan fingerprint density at radius 2 is 1.84 bits per heavy atom. The van der Waals surface area contributed by atoms with Gasteiger partial charge in [0.05, 0.1) is 29.5 Å². The number of nitrogens with zero attached hydrogens (tertiary/aromatic N) is 1. The summed E-state index contributed by atoms with van der Waals surface area (Å²) in [5.41, 5.74) is 0.938. The molecule has 0 bridgehead atoms. The second-order valence-corrected chi connectivity index (χ2v) is 5.27. The molecule has 3 aromatic rings. The quantitative estimate of drug-likeness (QED) is 0.766. The van der Waals surface area contributed by atoms with Crippen molar-refractivity contribution in [2.45, 2.75) is 0 Å². The van der Waals surface area contributed by atoms with Gasteiger partial charge in [-0.1, -0.05) is 18.2 Å². The topological polar surface area (TPSA) is 71.1 Å². The molecule has 0 spiro atoms. The van der Waals surface area contributed by atoms with Crippen molar-refractivity contribution in [1.82, 2.24) is 10.3 Å². The first-order valence-electron chi connectivity index (χ1n) is 7.41. The van der Waals surface area contributed by atoms with Gasteiger partial charge in [0.1, 0.15) is 11.6 Å². The maximum atomic E-state index is 13.5. The van der Waals surface area contributed by atoms with Crippen molar-refractivity contribution in [3.63, 3.8) is 0 Å². The first-order chi connectivity index (χ1) is 12.0. The van der Waals surface area contributed by atoms with E-state index in [1.54, 1.807) is 6.07 Å². The van der Waals surface area contributed by atoms with Gasteiger partial charge >= 0.3 is 0 Å². The zero-order chi connectivity index (χ0) is 17.8. The molecule has 0 fully saturated rings. The number of aromatic nitrogens is 1. The third-order valence-electron chi connectivity index (χ3n) is 3.46. The molecule has 0 aliphatic heterocycles. The van der Waals surface area contributed by atoms with E-state index in [9.17, 15) is 18.4 Å². The van der Waals surface area contributed by atoms with Gasteiger partial charge < -0.3 is 10.6 Å². The fourth-order valence-corrected chi connectivity index (χ4v) is 2.27. The summed E-state index contributed by atoms with van der Waals surface area (Å²) in [4.78, 5) is 28.0. The molecule has 1 aromatic heterocycles. The molecule has 5 nitrogen and oxygen atoms in total. The van der Waals surface area contributed by atoms with Crippen molar-refractivity contribution in [2.24, 2.45) is 0 Å². The van der Waals surface area contributed by atoms with E-state index in [1.165, 1.54) is 6.20 Å². The zero-order valence-electron chi connectivity index (χ0n) is 12.9. The highest BCUT2D eigenvalue weighted by Gasteiger charge is 2.13. The zero-order valence-corrected chi connectivity index (χ0v) is 12.9. The Bertz CT molecular complexity index is 960. The van der Waals surface area contributed by atoms with Crippen LogP contribution in [0.5, 0.6) is 0 Å². The van der Waals surface area contributed by atoms with E-state index in [4.69, 9.17) is 0 Å². The highest BCUT2D eigenvalue weighted by molar-refractivity contribution is 6.00. The van der Waals surface area contributed by atoms with E-state index in [-0.39, 0.29) is 12.1 Å². The third kappa shape index (κ3) is 3.95. The molecule has 0 unspecified atom stereocenters. The van der Waals surface area contributed by atoms with E-state index in [2.05, 4.69) is 15.6 Å². The summed E-state index contributed by atoms with van der Waals surface area (Å²) in [7, 11) is 0. The van der Waals surface area contributed by atoms with E-state index >= 15 is 0 Å². The van der Waals surface area contributed by atoms with Crippen molar-refractivity contribution in [3.8, 4) is 0 Å². The average molecular weight is 341 g/mol. The van der Waals surface area contributed by atoms with Crippen LogP contribution >= 0.6 is 0 Å². The highest BCUT2D eigenvalue weighted by atomic mass is 19.1. The summed E-state index contributed by atoms with van der Waals surface area (Å²) in [6.07, 6.45) is 1.50. The van der Waals surface area contributed by atoms with Crippen molar-refractivity contribution >= 4 is 28.4 Å². The molecule has 0 aliphatic rings. The summed E-state index contributed by atoms with van der Waals surface area (Å²) in [6, 6.07) is 11.8. The van der Waals surface area contributed by atoms with Crippen molar-refractivity contribution in [1.29, 1.82) is 0 Å². The van der Waals surface area contributed by atoms with Gasteiger partial charge in [-0.05, 0) is 24.3 Å². The standard InChI is InChI=1S/C18H13F2N3O2/c19-12-5-6-14(15(20)8-12)18(25)22-10-17(24)23-13-7-11-3-1-2-4-16(11)21-9-13/h1-9H,10H2,(H,22,25)(H,23,24). The summed E-state index contributed by atoms with van der Waals surface area (Å²) < 4.78 is 26.3. The van der Waals surface area contributed by atoms with Crippen LogP contribution in [0.25, 0.3) is 10.9 Å². The molecule has 2 N–H and O–H groups in total. The molecule has 0 saturated carbocycles. The van der Waals surface area contributed by atoms with Crippen LogP contribution in [0.15, 0.2) is 54.7 Å². The van der Waals surface area contributed by atoms with E-state index < -0.39 is 23.4 Å². The summed E-state index contributed by atoms with van der Waals surface area (Å²) >= 11 is 0. The van der Waals surface area contributed by atoms with Crippen LogP contribution in [-0.2, 0) is 4.79 Å². The van der Waals surface area contributed by atoms with Crippen molar-refractivity contribution in [3.05, 3.63) is 71.9 Å². The highest BCUT2D eigenvalue weighted by Crippen LogP contribution is 2.15. The van der Waals surface area contributed by atoms with Gasteiger partial charge in [-0.25, -0.2) is 8.78 Å². The smallest absolute Gasteiger partial charge is 0.254 e. The average Bonchev–Trinajstić information content (AvgIpc) is 2.59. The first kappa shape index (κ1) is 16.5. The SMILES string of the molecule is O=C(CNC(=O)c1ccc(F)cc1F)Nc1cnc2ccccc2c1. The van der Waals surface area contributed by atoms with Crippen molar-refractivity contribution in [2.75, 3.05) is 11.9 Å². The number of halogens is 2. The number of hydrogen-bond donors (Lipinski definition) is 2. The summed E-state index contributed by atoms with van der Waals surface area (Å²) in [5.74, 6) is -3.07. The number of benzene rings is 2. The molecule has 2 amide bonds. The minimum Gasteiger partial charge on any atom is -0.343 e. The number of para-hydroxylation sites is 1. The van der Waals surface area contributed by atoms with Gasteiger partial charge in [-0.3, -0.25) is 14.6 Å². The third-order valence-corrected chi connectivity index (χ3v) is 3.46. The maximum absolute atomic E-state index is 13.5. The van der Waals surface area contributed by atoms with Crippen LogP contribution < -0.4 is 10.6 Å². The minimum atomic E-state index is -0.989. The largest absolute Gasteiger partial charge is 0.343 e. The fraction of sp³-hybridized carbons (Fsp3) is 0.0556. The predicted octanol–water partition coefficient (Wildman–Crippen LogP) is 2.88. The molecule has 7 heteroatoms. The lowest BCUT2D eigenvalue weighted by Crippen LogP contribution is -2.33. The van der Waals surface area contributed by atoms with E-state index in [0.29, 0.717) is 11.8 Å². The number of pyridine rings is 1. The molecule has 0 atom stereocenters. The Balaban J connectivity index is 1.61. The lowest BCUT2D eigenvalue weighted by molar-refractivity contribution is -0.115. The minimum absolute atomic E-state index is 0.332. The monoisotopic (exact) mass is 341 g/mol. The lowest BCUT2D eigenvalue weighted by Gasteiger charge is -2.08. The maximum Gasteiger partial charge on any atom is 0.254 e. The van der Waals surface area contributed by atoms with Gasteiger partial charge in [-0.2, -0.15) is 0 Å². The van der Waals surface area contributed by atoms with Crippen LogP contribution in [0.2, 0.25) is 0 Å². The number of nitrogens with one attached hydrogen (secondary N) is 2.